The minimum Gasteiger partial charge on any atom is -0.410 e. The molecule has 3 heteroatoms. The summed E-state index contributed by atoms with van der Waals surface area (Å²) in [6.45, 7) is 2.75. The zero-order valence-electron chi connectivity index (χ0n) is 10.8. The van der Waals surface area contributed by atoms with E-state index >= 15 is 0 Å². The zero-order valence-corrected chi connectivity index (χ0v) is 10.8. The van der Waals surface area contributed by atoms with Crippen molar-refractivity contribution in [1.82, 2.24) is 0 Å². The maximum atomic E-state index is 12.2. The second-order valence-corrected chi connectivity index (χ2v) is 4.71. The van der Waals surface area contributed by atoms with Crippen molar-refractivity contribution < 1.29 is 9.53 Å². The van der Waals surface area contributed by atoms with E-state index in [-0.39, 0.29) is 6.09 Å². The normalized spacial score (nSPS) is 13.2. The summed E-state index contributed by atoms with van der Waals surface area (Å²) in [5.74, 6) is 0.577. The molecule has 0 unspecified atom stereocenters. The van der Waals surface area contributed by atoms with Gasteiger partial charge in [-0.3, -0.25) is 4.90 Å². The molecule has 96 valence electrons. The Balaban J connectivity index is 1.80. The molecular weight excluding hydrogens is 238 g/mol. The Kier molecular flexibility index (Phi) is 2.95. The van der Waals surface area contributed by atoms with Crippen molar-refractivity contribution in [2.75, 3.05) is 11.4 Å². The van der Waals surface area contributed by atoms with E-state index in [1.165, 1.54) is 11.1 Å². The summed E-state index contributed by atoms with van der Waals surface area (Å²) < 4.78 is 5.37. The third-order valence-electron chi connectivity index (χ3n) is 3.30. The first-order chi connectivity index (χ1) is 9.24. The van der Waals surface area contributed by atoms with Crippen LogP contribution in [0.1, 0.15) is 11.1 Å². The second-order valence-electron chi connectivity index (χ2n) is 4.71. The average Bonchev–Trinajstić information content (AvgIpc) is 2.82. The highest BCUT2D eigenvalue weighted by Crippen LogP contribution is 2.29. The lowest BCUT2D eigenvalue weighted by molar-refractivity contribution is 0.208. The summed E-state index contributed by atoms with van der Waals surface area (Å²) in [4.78, 5) is 13.9. The maximum absolute atomic E-state index is 12.2. The lowest BCUT2D eigenvalue weighted by atomic mass is 10.1. The Morgan fingerprint density at radius 1 is 1.16 bits per heavy atom. The van der Waals surface area contributed by atoms with Gasteiger partial charge in [-0.2, -0.15) is 0 Å². The molecule has 1 aliphatic rings. The van der Waals surface area contributed by atoms with E-state index in [9.17, 15) is 4.79 Å². The Hall–Kier alpha value is -2.29. The third-order valence-corrected chi connectivity index (χ3v) is 3.30. The van der Waals surface area contributed by atoms with Crippen LogP contribution in [-0.4, -0.2) is 12.6 Å². The minimum absolute atomic E-state index is 0.311. The second kappa shape index (κ2) is 4.76. The Labute approximate surface area is 112 Å². The van der Waals surface area contributed by atoms with Gasteiger partial charge in [0.15, 0.2) is 0 Å². The number of ether oxygens (including phenoxy) is 1. The van der Waals surface area contributed by atoms with E-state index in [0.717, 1.165) is 12.1 Å². The molecule has 0 bridgehead atoms. The van der Waals surface area contributed by atoms with Crippen molar-refractivity contribution in [1.29, 1.82) is 0 Å². The van der Waals surface area contributed by atoms with Gasteiger partial charge < -0.3 is 4.74 Å². The third kappa shape index (κ3) is 2.32. The van der Waals surface area contributed by atoms with Crippen molar-refractivity contribution in [3.63, 3.8) is 0 Å². The van der Waals surface area contributed by atoms with Crippen LogP contribution in [-0.2, 0) is 6.42 Å². The molecule has 2 aromatic rings. The van der Waals surface area contributed by atoms with Crippen LogP contribution in [0.2, 0.25) is 0 Å². The van der Waals surface area contributed by atoms with Crippen molar-refractivity contribution in [2.45, 2.75) is 13.3 Å². The number of hydrogen-bond donors (Lipinski definition) is 0. The summed E-state index contributed by atoms with van der Waals surface area (Å²) in [6, 6.07) is 15.3. The van der Waals surface area contributed by atoms with E-state index in [4.69, 9.17) is 4.74 Å². The quantitative estimate of drug-likeness (QED) is 0.777. The van der Waals surface area contributed by atoms with Crippen molar-refractivity contribution >= 4 is 11.8 Å². The number of nitrogens with zero attached hydrogens (tertiary/aromatic N) is 1. The number of hydrogen-bond acceptors (Lipinski definition) is 2. The first-order valence-corrected chi connectivity index (χ1v) is 6.38. The topological polar surface area (TPSA) is 29.5 Å². The molecule has 0 fully saturated rings. The highest BCUT2D eigenvalue weighted by atomic mass is 16.6. The van der Waals surface area contributed by atoms with E-state index in [1.807, 2.05) is 30.3 Å². The number of rotatable bonds is 1. The van der Waals surface area contributed by atoms with E-state index in [2.05, 4.69) is 13.0 Å². The molecule has 19 heavy (non-hydrogen) atoms. The van der Waals surface area contributed by atoms with Gasteiger partial charge in [-0.05, 0) is 37.1 Å². The van der Waals surface area contributed by atoms with E-state index in [1.54, 1.807) is 17.0 Å². The molecule has 1 amide bonds. The largest absolute Gasteiger partial charge is 0.419 e. The van der Waals surface area contributed by atoms with Crippen LogP contribution in [0.15, 0.2) is 48.5 Å². The van der Waals surface area contributed by atoms with Crippen LogP contribution >= 0.6 is 0 Å². The lowest BCUT2D eigenvalue weighted by Crippen LogP contribution is -2.31. The molecule has 0 radical (unpaired) electrons. The van der Waals surface area contributed by atoms with Gasteiger partial charge in [0.25, 0.3) is 0 Å². The van der Waals surface area contributed by atoms with Crippen molar-refractivity contribution in [3.05, 3.63) is 59.7 Å². The van der Waals surface area contributed by atoms with E-state index < -0.39 is 0 Å². The van der Waals surface area contributed by atoms with Crippen molar-refractivity contribution in [2.24, 2.45) is 0 Å². The van der Waals surface area contributed by atoms with Gasteiger partial charge in [-0.25, -0.2) is 4.79 Å². The molecular formula is C16H15NO2. The molecule has 3 rings (SSSR count). The van der Waals surface area contributed by atoms with E-state index in [0.29, 0.717) is 12.3 Å². The molecule has 2 aromatic carbocycles. The molecule has 0 saturated heterocycles. The number of carbonyl (C=O) groups excluding carboxylic acids is 1. The lowest BCUT2D eigenvalue weighted by Gasteiger charge is -2.16. The summed E-state index contributed by atoms with van der Waals surface area (Å²) in [5, 5.41) is 0. The summed E-state index contributed by atoms with van der Waals surface area (Å²) in [5.41, 5.74) is 3.40. The predicted octanol–water partition coefficient (Wildman–Crippen LogP) is 3.56. The van der Waals surface area contributed by atoms with Gasteiger partial charge in [-0.15, -0.1) is 0 Å². The monoisotopic (exact) mass is 253 g/mol. The van der Waals surface area contributed by atoms with Gasteiger partial charge in [0, 0.05) is 6.54 Å². The molecule has 0 N–H and O–H groups in total. The van der Waals surface area contributed by atoms with Gasteiger partial charge in [-0.1, -0.05) is 35.9 Å². The molecule has 0 aliphatic carbocycles. The summed E-state index contributed by atoms with van der Waals surface area (Å²) >= 11 is 0. The predicted molar refractivity (Wildman–Crippen MR) is 74.7 cm³/mol. The molecule has 3 nitrogen and oxygen atoms in total. The van der Waals surface area contributed by atoms with Crippen molar-refractivity contribution in [3.8, 4) is 5.75 Å². The Morgan fingerprint density at radius 3 is 2.74 bits per heavy atom. The molecule has 1 heterocycles. The van der Waals surface area contributed by atoms with Crippen LogP contribution in [0.25, 0.3) is 0 Å². The maximum Gasteiger partial charge on any atom is 0.419 e. The average molecular weight is 253 g/mol. The Bertz CT molecular complexity index is 607. The standard InChI is InChI=1S/C16H15NO2/c1-12-7-8-15-13(11-12)9-10-17(15)16(18)19-14-5-3-2-4-6-14/h2-8,11H,9-10H2,1H3. The van der Waals surface area contributed by atoms with Crippen LogP contribution in [0.5, 0.6) is 5.75 Å². The van der Waals surface area contributed by atoms with Gasteiger partial charge >= 0.3 is 6.09 Å². The first-order valence-electron chi connectivity index (χ1n) is 6.38. The number of anilines is 1. The highest BCUT2D eigenvalue weighted by molar-refractivity contribution is 5.91. The van der Waals surface area contributed by atoms with Gasteiger partial charge in [0.05, 0.1) is 5.69 Å². The number of amides is 1. The molecule has 1 aliphatic heterocycles. The van der Waals surface area contributed by atoms with Crippen LogP contribution in [0, 0.1) is 6.92 Å². The number of fused-ring (bicyclic) bond motifs is 1. The zero-order chi connectivity index (χ0) is 13.2. The smallest absolute Gasteiger partial charge is 0.410 e. The number of aryl methyl sites for hydroxylation is 1. The Morgan fingerprint density at radius 2 is 1.95 bits per heavy atom. The molecule has 0 atom stereocenters. The minimum atomic E-state index is -0.311. The first kappa shape index (κ1) is 11.8. The fourth-order valence-electron chi connectivity index (χ4n) is 2.36. The van der Waals surface area contributed by atoms with Crippen LogP contribution in [0.3, 0.4) is 0 Å². The van der Waals surface area contributed by atoms with Crippen LogP contribution in [0.4, 0.5) is 10.5 Å². The van der Waals surface area contributed by atoms with Crippen LogP contribution < -0.4 is 9.64 Å². The number of para-hydroxylation sites is 1. The number of carbonyl (C=O) groups is 1. The summed E-state index contributed by atoms with van der Waals surface area (Å²) in [7, 11) is 0. The highest BCUT2D eigenvalue weighted by Gasteiger charge is 2.25. The van der Waals surface area contributed by atoms with Gasteiger partial charge in [0.1, 0.15) is 5.75 Å². The number of benzene rings is 2. The van der Waals surface area contributed by atoms with Gasteiger partial charge in [0.2, 0.25) is 0 Å². The molecule has 0 saturated carbocycles. The molecule has 0 spiro atoms. The fraction of sp³-hybridized carbons (Fsp3) is 0.188. The fourth-order valence-corrected chi connectivity index (χ4v) is 2.36. The molecule has 0 aromatic heterocycles. The summed E-state index contributed by atoms with van der Waals surface area (Å²) in [6.07, 6.45) is 0.578. The SMILES string of the molecule is Cc1ccc2c(c1)CCN2C(=O)Oc1ccccc1.